The maximum absolute atomic E-state index is 12.3. The smallest absolute Gasteiger partial charge is 0.342 e. The normalized spacial score (nSPS) is 13.5. The maximum Gasteiger partial charge on any atom is 0.342 e. The predicted octanol–water partition coefficient (Wildman–Crippen LogP) is 3.47. The number of benzene rings is 3. The molecule has 0 saturated carbocycles. The summed E-state index contributed by atoms with van der Waals surface area (Å²) in [4.78, 5) is 38.1. The minimum Gasteiger partial charge on any atom is -0.506 e. The summed E-state index contributed by atoms with van der Waals surface area (Å²) in [5.74, 6) is -1.43. The van der Waals surface area contributed by atoms with Crippen molar-refractivity contribution in [2.24, 2.45) is 0 Å². The van der Waals surface area contributed by atoms with Gasteiger partial charge in [-0.15, -0.1) is 0 Å². The van der Waals surface area contributed by atoms with Crippen LogP contribution in [0.4, 0.5) is 11.4 Å². The molecule has 1 heterocycles. The summed E-state index contributed by atoms with van der Waals surface area (Å²) in [5, 5.41) is 14.3. The number of nitrogens with one attached hydrogen (secondary N) is 1. The van der Waals surface area contributed by atoms with Crippen molar-refractivity contribution in [1.29, 1.82) is 0 Å². The average Bonchev–Trinajstić information content (AvgIpc) is 3.18. The van der Waals surface area contributed by atoms with E-state index in [1.54, 1.807) is 47.4 Å². The number of esters is 1. The molecule has 0 unspecified atom stereocenters. The van der Waals surface area contributed by atoms with Gasteiger partial charge in [0.2, 0.25) is 5.91 Å². The van der Waals surface area contributed by atoms with Crippen LogP contribution in [0.1, 0.15) is 23.2 Å². The summed E-state index contributed by atoms with van der Waals surface area (Å²) in [6.45, 7) is 0.154. The molecular formula is C23H20N2O5. The van der Waals surface area contributed by atoms with E-state index in [0.29, 0.717) is 29.7 Å². The zero-order valence-electron chi connectivity index (χ0n) is 16.1. The molecule has 3 aromatic carbocycles. The van der Waals surface area contributed by atoms with Gasteiger partial charge in [0.05, 0.1) is 0 Å². The highest BCUT2D eigenvalue weighted by Crippen LogP contribution is 2.29. The SMILES string of the molecule is O=C(COC(=O)c1ccc2ccccc2c1O)Nc1cccc(N2CCCC2=O)c1. The van der Waals surface area contributed by atoms with E-state index in [0.717, 1.165) is 11.8 Å². The van der Waals surface area contributed by atoms with Gasteiger partial charge in [0.25, 0.3) is 5.91 Å². The topological polar surface area (TPSA) is 95.9 Å². The number of carbonyl (C=O) groups excluding carboxylic acids is 3. The molecule has 4 rings (SSSR count). The van der Waals surface area contributed by atoms with Crippen molar-refractivity contribution in [3.05, 3.63) is 66.2 Å². The number of anilines is 2. The number of rotatable bonds is 5. The molecule has 1 aliphatic heterocycles. The third-order valence-corrected chi connectivity index (χ3v) is 4.97. The Bertz CT molecular complexity index is 1140. The Hall–Kier alpha value is -3.87. The van der Waals surface area contributed by atoms with E-state index in [1.165, 1.54) is 6.07 Å². The van der Waals surface area contributed by atoms with Crippen molar-refractivity contribution in [3.63, 3.8) is 0 Å². The summed E-state index contributed by atoms with van der Waals surface area (Å²) < 4.78 is 5.06. The first-order valence-electron chi connectivity index (χ1n) is 9.61. The number of hydrogen-bond acceptors (Lipinski definition) is 5. The monoisotopic (exact) mass is 404 g/mol. The molecule has 0 aliphatic carbocycles. The van der Waals surface area contributed by atoms with E-state index in [9.17, 15) is 19.5 Å². The first kappa shape index (κ1) is 19.4. The summed E-state index contributed by atoms with van der Waals surface area (Å²) in [7, 11) is 0. The Morgan fingerprint density at radius 2 is 1.90 bits per heavy atom. The molecule has 7 nitrogen and oxygen atoms in total. The number of fused-ring (bicyclic) bond motifs is 1. The highest BCUT2D eigenvalue weighted by atomic mass is 16.5. The Morgan fingerprint density at radius 3 is 2.70 bits per heavy atom. The lowest BCUT2D eigenvalue weighted by atomic mass is 10.1. The zero-order valence-corrected chi connectivity index (χ0v) is 16.1. The van der Waals surface area contributed by atoms with Gasteiger partial charge in [-0.1, -0.05) is 36.4 Å². The largest absolute Gasteiger partial charge is 0.506 e. The first-order valence-corrected chi connectivity index (χ1v) is 9.61. The number of phenolic OH excluding ortho intramolecular Hbond substituents is 1. The molecule has 7 heteroatoms. The fourth-order valence-corrected chi connectivity index (χ4v) is 3.50. The van der Waals surface area contributed by atoms with Crippen molar-refractivity contribution < 1.29 is 24.2 Å². The molecule has 3 aromatic rings. The van der Waals surface area contributed by atoms with Gasteiger partial charge in [-0.25, -0.2) is 4.79 Å². The number of amides is 2. The van der Waals surface area contributed by atoms with Gasteiger partial charge in [0.1, 0.15) is 11.3 Å². The summed E-state index contributed by atoms with van der Waals surface area (Å²) >= 11 is 0. The summed E-state index contributed by atoms with van der Waals surface area (Å²) in [6.07, 6.45) is 1.33. The van der Waals surface area contributed by atoms with Crippen LogP contribution >= 0.6 is 0 Å². The van der Waals surface area contributed by atoms with Crippen molar-refractivity contribution in [2.75, 3.05) is 23.4 Å². The number of nitrogens with zero attached hydrogens (tertiary/aromatic N) is 1. The molecular weight excluding hydrogens is 384 g/mol. The van der Waals surface area contributed by atoms with Crippen LogP contribution < -0.4 is 10.2 Å². The van der Waals surface area contributed by atoms with E-state index in [-0.39, 0.29) is 17.2 Å². The van der Waals surface area contributed by atoms with Crippen LogP contribution in [0, 0.1) is 0 Å². The van der Waals surface area contributed by atoms with Crippen molar-refractivity contribution in [1.82, 2.24) is 0 Å². The predicted molar refractivity (Wildman–Crippen MR) is 113 cm³/mol. The lowest BCUT2D eigenvalue weighted by molar-refractivity contribution is -0.119. The molecule has 1 saturated heterocycles. The second kappa shape index (κ2) is 8.24. The molecule has 0 aromatic heterocycles. The van der Waals surface area contributed by atoms with E-state index in [1.807, 2.05) is 12.1 Å². The number of aromatic hydroxyl groups is 1. The first-order chi connectivity index (χ1) is 14.5. The van der Waals surface area contributed by atoms with Crippen LogP contribution in [-0.2, 0) is 14.3 Å². The average molecular weight is 404 g/mol. The van der Waals surface area contributed by atoms with Gasteiger partial charge in [-0.05, 0) is 36.1 Å². The third-order valence-electron chi connectivity index (χ3n) is 4.97. The van der Waals surface area contributed by atoms with Gasteiger partial charge in [-0.2, -0.15) is 0 Å². The second-order valence-electron chi connectivity index (χ2n) is 7.01. The van der Waals surface area contributed by atoms with Crippen LogP contribution in [-0.4, -0.2) is 36.0 Å². The molecule has 0 radical (unpaired) electrons. The Balaban J connectivity index is 1.39. The summed E-state index contributed by atoms with van der Waals surface area (Å²) in [6, 6.07) is 17.2. The van der Waals surface area contributed by atoms with Crippen LogP contribution in [0.3, 0.4) is 0 Å². The molecule has 1 fully saturated rings. The van der Waals surface area contributed by atoms with Gasteiger partial charge >= 0.3 is 5.97 Å². The summed E-state index contributed by atoms with van der Waals surface area (Å²) in [5.41, 5.74) is 1.21. The number of hydrogen-bond donors (Lipinski definition) is 2. The Labute approximate surface area is 172 Å². The minimum absolute atomic E-state index is 0.00366. The fraction of sp³-hybridized carbons (Fsp3) is 0.174. The Kier molecular flexibility index (Phi) is 5.34. The Morgan fingerprint density at radius 1 is 1.07 bits per heavy atom. The second-order valence-corrected chi connectivity index (χ2v) is 7.01. The van der Waals surface area contributed by atoms with Crippen LogP contribution in [0.5, 0.6) is 5.75 Å². The highest BCUT2D eigenvalue weighted by Gasteiger charge is 2.22. The van der Waals surface area contributed by atoms with Gasteiger partial charge in [-0.3, -0.25) is 9.59 Å². The third kappa shape index (κ3) is 3.96. The quantitative estimate of drug-likeness (QED) is 0.635. The molecule has 152 valence electrons. The lowest BCUT2D eigenvalue weighted by Crippen LogP contribution is -2.24. The molecule has 0 atom stereocenters. The van der Waals surface area contributed by atoms with Gasteiger partial charge in [0.15, 0.2) is 6.61 Å². The zero-order chi connectivity index (χ0) is 21.1. The molecule has 0 spiro atoms. The van der Waals surface area contributed by atoms with Crippen molar-refractivity contribution in [3.8, 4) is 5.75 Å². The number of ether oxygens (including phenoxy) is 1. The fourth-order valence-electron chi connectivity index (χ4n) is 3.50. The molecule has 1 aliphatic rings. The van der Waals surface area contributed by atoms with E-state index in [2.05, 4.69) is 5.32 Å². The van der Waals surface area contributed by atoms with Crippen LogP contribution in [0.15, 0.2) is 60.7 Å². The van der Waals surface area contributed by atoms with Gasteiger partial charge < -0.3 is 20.1 Å². The minimum atomic E-state index is -0.787. The molecule has 0 bridgehead atoms. The van der Waals surface area contributed by atoms with E-state index >= 15 is 0 Å². The van der Waals surface area contributed by atoms with E-state index in [4.69, 9.17) is 4.74 Å². The molecule has 2 N–H and O–H groups in total. The molecule has 30 heavy (non-hydrogen) atoms. The molecule has 2 amide bonds. The van der Waals surface area contributed by atoms with Crippen LogP contribution in [0.2, 0.25) is 0 Å². The van der Waals surface area contributed by atoms with Crippen LogP contribution in [0.25, 0.3) is 10.8 Å². The van der Waals surface area contributed by atoms with Crippen molar-refractivity contribution in [2.45, 2.75) is 12.8 Å². The standard InChI is InChI=1S/C23H20N2O5/c26-20(24-16-6-3-7-17(13-16)25-12-4-9-21(25)27)14-30-23(29)19-11-10-15-5-1-2-8-18(15)22(19)28/h1-3,5-8,10-11,13,28H,4,9,12,14H2,(H,24,26). The lowest BCUT2D eigenvalue weighted by Gasteiger charge is -2.16. The highest BCUT2D eigenvalue weighted by molar-refractivity contribution is 6.02. The van der Waals surface area contributed by atoms with Crippen molar-refractivity contribution >= 4 is 39.9 Å². The van der Waals surface area contributed by atoms with E-state index < -0.39 is 18.5 Å². The maximum atomic E-state index is 12.3. The number of phenols is 1. The number of carbonyl (C=O) groups is 3. The van der Waals surface area contributed by atoms with Gasteiger partial charge in [0, 0.05) is 29.7 Å².